The van der Waals surface area contributed by atoms with E-state index in [4.69, 9.17) is 9.47 Å². The maximum atomic E-state index is 11.4. The van der Waals surface area contributed by atoms with Crippen molar-refractivity contribution in [3.8, 4) is 0 Å². The Balaban J connectivity index is 3.70. The van der Waals surface area contributed by atoms with Crippen LogP contribution in [-0.4, -0.2) is 49.1 Å². The number of hydrogen-bond acceptors (Lipinski definition) is 5. The van der Waals surface area contributed by atoms with Gasteiger partial charge in [-0.2, -0.15) is 0 Å². The van der Waals surface area contributed by atoms with Gasteiger partial charge in [0.2, 0.25) is 0 Å². The fourth-order valence-electron chi connectivity index (χ4n) is 1.35. The maximum absolute atomic E-state index is 11.4. The number of nitrogens with one attached hydrogen (secondary N) is 1. The van der Waals surface area contributed by atoms with Crippen LogP contribution in [0.4, 0.5) is 0 Å². The fraction of sp³-hybridized carbons (Fsp3) is 0.923. The lowest BCUT2D eigenvalue weighted by Gasteiger charge is -2.23. The molecule has 18 heavy (non-hydrogen) atoms. The first-order valence-electron chi connectivity index (χ1n) is 6.30. The van der Waals surface area contributed by atoms with Crippen LogP contribution in [0.25, 0.3) is 0 Å². The highest BCUT2D eigenvalue weighted by atomic mass is 16.6. The molecule has 0 rings (SSSR count). The van der Waals surface area contributed by atoms with Crippen molar-refractivity contribution in [3.63, 3.8) is 0 Å². The Bertz CT molecular complexity index is 246. The molecule has 0 spiro atoms. The molecule has 2 N–H and O–H groups in total. The molecule has 0 saturated heterocycles. The Morgan fingerprint density at radius 1 is 1.28 bits per heavy atom. The van der Waals surface area contributed by atoms with Gasteiger partial charge in [-0.05, 0) is 27.7 Å². The lowest BCUT2D eigenvalue weighted by molar-refractivity contribution is -0.154. The summed E-state index contributed by atoms with van der Waals surface area (Å²) in [4.78, 5) is 11.4. The van der Waals surface area contributed by atoms with Crippen molar-refractivity contribution in [2.24, 2.45) is 0 Å². The molecular weight excluding hydrogens is 234 g/mol. The van der Waals surface area contributed by atoms with Gasteiger partial charge in [0.15, 0.2) is 0 Å². The molecule has 0 aromatic heterocycles. The van der Waals surface area contributed by atoms with Gasteiger partial charge < -0.3 is 19.9 Å². The van der Waals surface area contributed by atoms with E-state index in [1.54, 1.807) is 14.0 Å². The van der Waals surface area contributed by atoms with Crippen LogP contribution >= 0.6 is 0 Å². The molecule has 0 aromatic rings. The highest BCUT2D eigenvalue weighted by molar-refractivity contribution is 5.70. The first kappa shape index (κ1) is 17.4. The molecule has 0 bridgehead atoms. The van der Waals surface area contributed by atoms with E-state index < -0.39 is 11.2 Å². The SMILES string of the molecule is COCCC(C)(O)CNCCC(=O)OC(C)(C)C. The van der Waals surface area contributed by atoms with Crippen LogP contribution in [0.2, 0.25) is 0 Å². The standard InChI is InChI=1S/C13H27NO4/c1-12(2,3)18-11(15)6-8-14-10-13(4,16)7-9-17-5/h14,16H,6-10H2,1-5H3. The molecular formula is C13H27NO4. The van der Waals surface area contributed by atoms with Crippen molar-refractivity contribution < 1.29 is 19.4 Å². The first-order chi connectivity index (χ1) is 8.16. The number of esters is 1. The lowest BCUT2D eigenvalue weighted by atomic mass is 10.0. The largest absolute Gasteiger partial charge is 0.460 e. The monoisotopic (exact) mass is 261 g/mol. The number of rotatable bonds is 8. The summed E-state index contributed by atoms with van der Waals surface area (Å²) in [6.07, 6.45) is 0.862. The van der Waals surface area contributed by atoms with Crippen molar-refractivity contribution in [2.45, 2.75) is 51.7 Å². The van der Waals surface area contributed by atoms with Crippen molar-refractivity contribution in [2.75, 3.05) is 26.8 Å². The zero-order valence-electron chi connectivity index (χ0n) is 12.2. The van der Waals surface area contributed by atoms with Crippen molar-refractivity contribution >= 4 is 5.97 Å². The lowest BCUT2D eigenvalue weighted by Crippen LogP contribution is -2.39. The summed E-state index contributed by atoms with van der Waals surface area (Å²) in [7, 11) is 1.60. The summed E-state index contributed by atoms with van der Waals surface area (Å²) in [6, 6.07) is 0. The van der Waals surface area contributed by atoms with Crippen LogP contribution in [0.5, 0.6) is 0 Å². The second-order valence-electron chi connectivity index (χ2n) is 5.75. The van der Waals surface area contributed by atoms with Gasteiger partial charge in [-0.25, -0.2) is 0 Å². The number of carbonyl (C=O) groups excluding carboxylic acids is 1. The Hall–Kier alpha value is -0.650. The van der Waals surface area contributed by atoms with E-state index in [0.717, 1.165) is 0 Å². The van der Waals surface area contributed by atoms with Crippen LogP contribution in [-0.2, 0) is 14.3 Å². The van der Waals surface area contributed by atoms with Gasteiger partial charge in [0.1, 0.15) is 5.60 Å². The van der Waals surface area contributed by atoms with Crippen LogP contribution in [0.1, 0.15) is 40.5 Å². The smallest absolute Gasteiger partial charge is 0.307 e. The first-order valence-corrected chi connectivity index (χ1v) is 6.30. The third-order valence-corrected chi connectivity index (χ3v) is 2.28. The van der Waals surface area contributed by atoms with Crippen molar-refractivity contribution in [1.82, 2.24) is 5.32 Å². The molecule has 1 atom stereocenters. The summed E-state index contributed by atoms with van der Waals surface area (Å²) >= 11 is 0. The van der Waals surface area contributed by atoms with Crippen molar-refractivity contribution in [3.05, 3.63) is 0 Å². The van der Waals surface area contributed by atoms with E-state index in [1.165, 1.54) is 0 Å². The molecule has 1 unspecified atom stereocenters. The third-order valence-electron chi connectivity index (χ3n) is 2.28. The molecule has 5 nitrogen and oxygen atoms in total. The third kappa shape index (κ3) is 10.5. The van der Waals surface area contributed by atoms with Gasteiger partial charge >= 0.3 is 5.97 Å². The zero-order valence-corrected chi connectivity index (χ0v) is 12.2. The van der Waals surface area contributed by atoms with Crippen LogP contribution in [0, 0.1) is 0 Å². The average molecular weight is 261 g/mol. The van der Waals surface area contributed by atoms with E-state index in [0.29, 0.717) is 32.5 Å². The molecule has 0 aliphatic carbocycles. The molecule has 0 fully saturated rings. The fourth-order valence-corrected chi connectivity index (χ4v) is 1.35. The molecule has 0 aliphatic heterocycles. The van der Waals surface area contributed by atoms with Gasteiger partial charge in [-0.3, -0.25) is 4.79 Å². The minimum atomic E-state index is -0.816. The molecule has 0 amide bonds. The number of ether oxygens (including phenoxy) is 2. The Labute approximate surface area is 110 Å². The highest BCUT2D eigenvalue weighted by Gasteiger charge is 2.20. The summed E-state index contributed by atoms with van der Waals surface area (Å²) < 4.78 is 10.1. The number of methoxy groups -OCH3 is 1. The number of aliphatic hydroxyl groups is 1. The topological polar surface area (TPSA) is 67.8 Å². The van der Waals surface area contributed by atoms with Gasteiger partial charge in [0.25, 0.3) is 0 Å². The van der Waals surface area contributed by atoms with Crippen LogP contribution < -0.4 is 5.32 Å². The normalized spacial score (nSPS) is 15.2. The number of hydrogen-bond donors (Lipinski definition) is 2. The van der Waals surface area contributed by atoms with Crippen molar-refractivity contribution in [1.29, 1.82) is 0 Å². The summed E-state index contributed by atoms with van der Waals surface area (Å²) in [5, 5.41) is 13.0. The van der Waals surface area contributed by atoms with E-state index in [1.807, 2.05) is 20.8 Å². The molecule has 0 aromatic carbocycles. The second-order valence-corrected chi connectivity index (χ2v) is 5.75. The highest BCUT2D eigenvalue weighted by Crippen LogP contribution is 2.09. The maximum Gasteiger partial charge on any atom is 0.307 e. The molecule has 0 radical (unpaired) electrons. The van der Waals surface area contributed by atoms with E-state index >= 15 is 0 Å². The molecule has 0 saturated carbocycles. The van der Waals surface area contributed by atoms with E-state index in [9.17, 15) is 9.90 Å². The molecule has 0 aliphatic rings. The number of carbonyl (C=O) groups is 1. The average Bonchev–Trinajstić information content (AvgIpc) is 2.19. The summed E-state index contributed by atoms with van der Waals surface area (Å²) in [6.45, 7) is 8.71. The molecule has 108 valence electrons. The van der Waals surface area contributed by atoms with Gasteiger partial charge in [-0.1, -0.05) is 0 Å². The van der Waals surface area contributed by atoms with Crippen LogP contribution in [0.15, 0.2) is 0 Å². The summed E-state index contributed by atoms with van der Waals surface area (Å²) in [5.41, 5.74) is -1.26. The van der Waals surface area contributed by atoms with E-state index in [-0.39, 0.29) is 5.97 Å². The quantitative estimate of drug-likeness (QED) is 0.506. The molecule has 0 heterocycles. The minimum Gasteiger partial charge on any atom is -0.460 e. The molecule has 5 heteroatoms. The second kappa shape index (κ2) is 7.71. The Morgan fingerprint density at radius 2 is 1.89 bits per heavy atom. The minimum absolute atomic E-state index is 0.230. The van der Waals surface area contributed by atoms with Gasteiger partial charge in [0.05, 0.1) is 12.0 Å². The van der Waals surface area contributed by atoms with E-state index in [2.05, 4.69) is 5.32 Å². The van der Waals surface area contributed by atoms with Gasteiger partial charge in [0, 0.05) is 33.2 Å². The Morgan fingerprint density at radius 3 is 2.39 bits per heavy atom. The van der Waals surface area contributed by atoms with Crippen LogP contribution in [0.3, 0.4) is 0 Å². The zero-order chi connectivity index (χ0) is 14.2. The predicted octanol–water partition coefficient (Wildman–Crippen LogP) is 1.10. The summed E-state index contributed by atoms with van der Waals surface area (Å²) in [5.74, 6) is -0.230. The van der Waals surface area contributed by atoms with Gasteiger partial charge in [-0.15, -0.1) is 0 Å². The predicted molar refractivity (Wildman–Crippen MR) is 70.4 cm³/mol. The Kier molecular flexibility index (Phi) is 7.43.